The molecule has 0 saturated heterocycles. The summed E-state index contributed by atoms with van der Waals surface area (Å²) in [6.07, 6.45) is 4.71. The molecule has 0 radical (unpaired) electrons. The highest BCUT2D eigenvalue weighted by Crippen LogP contribution is 2.44. The van der Waals surface area contributed by atoms with Crippen LogP contribution in [0.1, 0.15) is 42.5 Å². The van der Waals surface area contributed by atoms with E-state index in [1.54, 1.807) is 6.20 Å². The van der Waals surface area contributed by atoms with Gasteiger partial charge in [-0.2, -0.15) is 5.26 Å². The SMILES string of the molecule is CCCCc1[nH]nc2c1C(c1ccnc3ccccc13)C(C#N)=C(N)O2. The molecule has 0 fully saturated rings. The largest absolute Gasteiger partial charge is 0.420 e. The van der Waals surface area contributed by atoms with Crippen LogP contribution in [-0.4, -0.2) is 15.2 Å². The van der Waals surface area contributed by atoms with Crippen molar-refractivity contribution in [1.29, 1.82) is 5.26 Å². The molecule has 4 rings (SSSR count). The number of unbranched alkanes of at least 4 members (excludes halogenated alkanes) is 1. The number of nitriles is 1. The van der Waals surface area contributed by atoms with Gasteiger partial charge in [-0.05, 0) is 30.5 Å². The fourth-order valence-electron chi connectivity index (χ4n) is 3.53. The van der Waals surface area contributed by atoms with Gasteiger partial charge < -0.3 is 10.5 Å². The van der Waals surface area contributed by atoms with Gasteiger partial charge in [0.05, 0.1) is 11.4 Å². The second-order valence-corrected chi connectivity index (χ2v) is 6.37. The number of nitrogens with two attached hydrogens (primary N) is 1. The topological polar surface area (TPSA) is 101 Å². The number of hydrogen-bond acceptors (Lipinski definition) is 5. The summed E-state index contributed by atoms with van der Waals surface area (Å²) in [5.41, 5.74) is 10.2. The maximum Gasteiger partial charge on any atom is 0.244 e. The van der Waals surface area contributed by atoms with E-state index in [-0.39, 0.29) is 11.8 Å². The van der Waals surface area contributed by atoms with Crippen molar-refractivity contribution < 1.29 is 4.74 Å². The van der Waals surface area contributed by atoms with Crippen LogP contribution in [-0.2, 0) is 6.42 Å². The van der Waals surface area contributed by atoms with Crippen LogP contribution in [0.3, 0.4) is 0 Å². The summed E-state index contributed by atoms with van der Waals surface area (Å²) >= 11 is 0. The van der Waals surface area contributed by atoms with Crippen LogP contribution in [0.5, 0.6) is 5.88 Å². The first kappa shape index (κ1) is 16.2. The minimum atomic E-state index is -0.317. The Labute approximate surface area is 151 Å². The van der Waals surface area contributed by atoms with E-state index < -0.39 is 0 Å². The lowest BCUT2D eigenvalue weighted by Crippen LogP contribution is -2.21. The van der Waals surface area contributed by atoms with Gasteiger partial charge in [-0.1, -0.05) is 31.5 Å². The van der Waals surface area contributed by atoms with Gasteiger partial charge in [-0.3, -0.25) is 10.1 Å². The van der Waals surface area contributed by atoms with Crippen molar-refractivity contribution >= 4 is 10.9 Å². The lowest BCUT2D eigenvalue weighted by Gasteiger charge is -2.25. The van der Waals surface area contributed by atoms with E-state index in [4.69, 9.17) is 10.5 Å². The Balaban J connectivity index is 1.96. The Morgan fingerprint density at radius 2 is 2.15 bits per heavy atom. The Bertz CT molecular complexity index is 1040. The Morgan fingerprint density at radius 3 is 2.96 bits per heavy atom. The minimum absolute atomic E-state index is 0.111. The van der Waals surface area contributed by atoms with E-state index in [1.165, 1.54) is 0 Å². The molecule has 1 aliphatic rings. The lowest BCUT2D eigenvalue weighted by molar-refractivity contribution is 0.379. The molecule has 6 heteroatoms. The Hall–Kier alpha value is -3.33. The van der Waals surface area contributed by atoms with Crippen molar-refractivity contribution in [3.8, 4) is 11.9 Å². The van der Waals surface area contributed by atoms with Crippen molar-refractivity contribution in [3.05, 3.63) is 64.8 Å². The van der Waals surface area contributed by atoms with Crippen LogP contribution in [0, 0.1) is 11.3 Å². The van der Waals surface area contributed by atoms with Gasteiger partial charge in [0.15, 0.2) is 0 Å². The summed E-state index contributed by atoms with van der Waals surface area (Å²) in [4.78, 5) is 4.44. The smallest absolute Gasteiger partial charge is 0.244 e. The highest BCUT2D eigenvalue weighted by atomic mass is 16.5. The molecular formula is C20H19N5O. The van der Waals surface area contributed by atoms with E-state index in [1.807, 2.05) is 30.3 Å². The fraction of sp³-hybridized carbons (Fsp3) is 0.250. The number of rotatable bonds is 4. The van der Waals surface area contributed by atoms with Crippen molar-refractivity contribution in [2.24, 2.45) is 5.73 Å². The zero-order chi connectivity index (χ0) is 18.1. The lowest BCUT2D eigenvalue weighted by atomic mass is 9.82. The van der Waals surface area contributed by atoms with Gasteiger partial charge in [0.25, 0.3) is 0 Å². The Kier molecular flexibility index (Phi) is 4.05. The number of H-pyrrole nitrogens is 1. The van der Waals surface area contributed by atoms with Gasteiger partial charge in [-0.25, -0.2) is 0 Å². The van der Waals surface area contributed by atoms with Crippen molar-refractivity contribution in [3.63, 3.8) is 0 Å². The normalized spacial score (nSPS) is 16.2. The number of pyridine rings is 1. The minimum Gasteiger partial charge on any atom is -0.420 e. The van der Waals surface area contributed by atoms with Crippen molar-refractivity contribution in [2.45, 2.75) is 32.1 Å². The molecule has 130 valence electrons. The van der Waals surface area contributed by atoms with Crippen LogP contribution in [0.2, 0.25) is 0 Å². The van der Waals surface area contributed by atoms with Gasteiger partial charge >= 0.3 is 0 Å². The second-order valence-electron chi connectivity index (χ2n) is 6.37. The van der Waals surface area contributed by atoms with E-state index in [2.05, 4.69) is 28.2 Å². The molecule has 6 nitrogen and oxygen atoms in total. The molecule has 2 aromatic heterocycles. The molecule has 1 atom stereocenters. The molecule has 0 aliphatic carbocycles. The van der Waals surface area contributed by atoms with Crippen LogP contribution in [0.15, 0.2) is 48.0 Å². The molecule has 0 bridgehead atoms. The van der Waals surface area contributed by atoms with Crippen molar-refractivity contribution in [1.82, 2.24) is 15.2 Å². The van der Waals surface area contributed by atoms with Gasteiger partial charge in [-0.15, -0.1) is 5.10 Å². The van der Waals surface area contributed by atoms with E-state index in [0.717, 1.165) is 47.0 Å². The number of fused-ring (bicyclic) bond motifs is 2. The molecular weight excluding hydrogens is 326 g/mol. The van der Waals surface area contributed by atoms with Gasteiger partial charge in [0, 0.05) is 22.8 Å². The first-order valence-electron chi connectivity index (χ1n) is 8.73. The van der Waals surface area contributed by atoms with Crippen LogP contribution < -0.4 is 10.5 Å². The maximum absolute atomic E-state index is 9.78. The molecule has 1 aliphatic heterocycles. The second kappa shape index (κ2) is 6.52. The average Bonchev–Trinajstić information content (AvgIpc) is 3.07. The third-order valence-corrected chi connectivity index (χ3v) is 4.79. The zero-order valence-electron chi connectivity index (χ0n) is 14.5. The summed E-state index contributed by atoms with van der Waals surface area (Å²) in [5, 5.41) is 18.2. The summed E-state index contributed by atoms with van der Waals surface area (Å²) < 4.78 is 5.64. The maximum atomic E-state index is 9.78. The molecule has 0 saturated carbocycles. The summed E-state index contributed by atoms with van der Waals surface area (Å²) in [6, 6.07) is 12.1. The predicted octanol–water partition coefficient (Wildman–Crippen LogP) is 3.52. The highest BCUT2D eigenvalue weighted by molar-refractivity contribution is 5.84. The molecule has 3 aromatic rings. The van der Waals surface area contributed by atoms with E-state index >= 15 is 0 Å². The number of aromatic nitrogens is 3. The third-order valence-electron chi connectivity index (χ3n) is 4.79. The summed E-state index contributed by atoms with van der Waals surface area (Å²) in [5.74, 6) is 0.250. The quantitative estimate of drug-likeness (QED) is 0.753. The number of para-hydroxylation sites is 1. The number of benzene rings is 1. The summed E-state index contributed by atoms with van der Waals surface area (Å²) in [6.45, 7) is 2.14. The van der Waals surface area contributed by atoms with Crippen LogP contribution in [0.25, 0.3) is 10.9 Å². The molecule has 1 unspecified atom stereocenters. The zero-order valence-corrected chi connectivity index (χ0v) is 14.5. The van der Waals surface area contributed by atoms with Gasteiger partial charge in [0.2, 0.25) is 11.8 Å². The van der Waals surface area contributed by atoms with Crippen LogP contribution >= 0.6 is 0 Å². The first-order valence-corrected chi connectivity index (χ1v) is 8.73. The number of allylic oxidation sites excluding steroid dienone is 1. The van der Waals surface area contributed by atoms with Crippen molar-refractivity contribution in [2.75, 3.05) is 0 Å². The number of nitrogens with one attached hydrogen (secondary N) is 1. The number of aryl methyl sites for hydroxylation is 1. The Morgan fingerprint density at radius 1 is 1.31 bits per heavy atom. The summed E-state index contributed by atoms with van der Waals surface area (Å²) in [7, 11) is 0. The number of hydrogen-bond donors (Lipinski definition) is 2. The van der Waals surface area contributed by atoms with E-state index in [0.29, 0.717) is 11.5 Å². The monoisotopic (exact) mass is 345 g/mol. The number of ether oxygens (including phenoxy) is 1. The fourth-order valence-corrected chi connectivity index (χ4v) is 3.53. The molecule has 26 heavy (non-hydrogen) atoms. The molecule has 0 amide bonds. The predicted molar refractivity (Wildman–Crippen MR) is 98.2 cm³/mol. The third kappa shape index (κ3) is 2.49. The highest BCUT2D eigenvalue weighted by Gasteiger charge is 2.35. The first-order chi connectivity index (χ1) is 12.7. The number of nitrogens with zero attached hydrogens (tertiary/aromatic N) is 3. The molecule has 1 aromatic carbocycles. The molecule has 3 heterocycles. The van der Waals surface area contributed by atoms with E-state index in [9.17, 15) is 5.26 Å². The van der Waals surface area contributed by atoms with Crippen LogP contribution in [0.4, 0.5) is 0 Å². The molecule has 0 spiro atoms. The number of aromatic amines is 1. The average molecular weight is 345 g/mol. The molecule has 3 N–H and O–H groups in total. The van der Waals surface area contributed by atoms with Gasteiger partial charge in [0.1, 0.15) is 11.6 Å². The standard InChI is InChI=1S/C20H19N5O/c1-2-3-7-16-18-17(14(11-21)19(22)26-20(18)25-24-16)13-9-10-23-15-8-5-4-6-12(13)15/h4-6,8-10,17H,2-3,7,22H2,1H3,(H,24,25).